The van der Waals surface area contributed by atoms with Crippen LogP contribution in [0.15, 0.2) is 12.1 Å². The van der Waals surface area contributed by atoms with Crippen molar-refractivity contribution in [3.63, 3.8) is 0 Å². The lowest BCUT2D eigenvalue weighted by Crippen LogP contribution is -2.42. The molecular formula is C17H27ClN2O. The van der Waals surface area contributed by atoms with Gasteiger partial charge in [0.25, 0.3) is 0 Å². The number of rotatable bonds is 7. The minimum absolute atomic E-state index is 0.0707. The predicted octanol–water partition coefficient (Wildman–Crippen LogP) is 4.41. The van der Waals surface area contributed by atoms with Crippen molar-refractivity contribution in [1.82, 2.24) is 4.90 Å². The molecule has 0 fully saturated rings. The number of nitrogens with zero attached hydrogens (tertiary/aromatic N) is 1. The maximum Gasteiger partial charge on any atom is 0.241 e. The van der Waals surface area contributed by atoms with E-state index in [-0.39, 0.29) is 11.9 Å². The van der Waals surface area contributed by atoms with Crippen molar-refractivity contribution in [2.24, 2.45) is 0 Å². The second-order valence-corrected chi connectivity index (χ2v) is 6.13. The van der Waals surface area contributed by atoms with Crippen molar-refractivity contribution in [2.45, 2.75) is 53.0 Å². The van der Waals surface area contributed by atoms with E-state index >= 15 is 0 Å². The van der Waals surface area contributed by atoms with Crippen LogP contribution in [0.3, 0.4) is 0 Å². The molecule has 21 heavy (non-hydrogen) atoms. The van der Waals surface area contributed by atoms with E-state index in [1.165, 1.54) is 0 Å². The van der Waals surface area contributed by atoms with E-state index in [1.807, 2.05) is 33.0 Å². The number of halogens is 1. The van der Waals surface area contributed by atoms with Gasteiger partial charge in [-0.2, -0.15) is 0 Å². The van der Waals surface area contributed by atoms with Crippen LogP contribution in [0.2, 0.25) is 5.02 Å². The van der Waals surface area contributed by atoms with Gasteiger partial charge in [-0.05, 0) is 63.5 Å². The van der Waals surface area contributed by atoms with Crippen LogP contribution >= 0.6 is 11.6 Å². The molecule has 0 spiro atoms. The summed E-state index contributed by atoms with van der Waals surface area (Å²) in [5, 5.41) is 3.80. The molecule has 4 heteroatoms. The van der Waals surface area contributed by atoms with Gasteiger partial charge in [0.1, 0.15) is 0 Å². The standard InChI is InChI=1S/C17H27ClN2O/c1-6-8-15(20(5)9-7-2)17(21)19-16-12(3)10-14(18)11-13(16)4/h10-11,15H,6-9H2,1-5H3,(H,19,21). The highest BCUT2D eigenvalue weighted by Gasteiger charge is 2.22. The van der Waals surface area contributed by atoms with E-state index in [0.29, 0.717) is 5.02 Å². The number of hydrogen-bond acceptors (Lipinski definition) is 2. The highest BCUT2D eigenvalue weighted by atomic mass is 35.5. The van der Waals surface area contributed by atoms with Gasteiger partial charge in [0.05, 0.1) is 6.04 Å². The third kappa shape index (κ3) is 5.01. The first-order valence-corrected chi connectivity index (χ1v) is 8.06. The number of carbonyl (C=O) groups is 1. The summed E-state index contributed by atoms with van der Waals surface area (Å²) in [5.41, 5.74) is 2.89. The van der Waals surface area contributed by atoms with Crippen molar-refractivity contribution in [3.05, 3.63) is 28.3 Å². The smallest absolute Gasteiger partial charge is 0.241 e. The first-order valence-electron chi connectivity index (χ1n) is 7.68. The Bertz CT molecular complexity index is 465. The fraction of sp³-hybridized carbons (Fsp3) is 0.588. The first kappa shape index (κ1) is 18.0. The van der Waals surface area contributed by atoms with Gasteiger partial charge in [-0.1, -0.05) is 31.9 Å². The van der Waals surface area contributed by atoms with E-state index in [2.05, 4.69) is 24.1 Å². The lowest BCUT2D eigenvalue weighted by molar-refractivity contribution is -0.121. The number of benzene rings is 1. The molecule has 1 unspecified atom stereocenters. The van der Waals surface area contributed by atoms with Crippen LogP contribution in [-0.4, -0.2) is 30.4 Å². The van der Waals surface area contributed by atoms with Crippen LogP contribution in [0, 0.1) is 13.8 Å². The van der Waals surface area contributed by atoms with Gasteiger partial charge in [-0.25, -0.2) is 0 Å². The van der Waals surface area contributed by atoms with Crippen molar-refractivity contribution in [2.75, 3.05) is 18.9 Å². The Balaban J connectivity index is 2.91. The molecule has 1 atom stereocenters. The molecule has 0 aliphatic heterocycles. The molecular weight excluding hydrogens is 284 g/mol. The van der Waals surface area contributed by atoms with Crippen LogP contribution in [0.25, 0.3) is 0 Å². The Morgan fingerprint density at radius 2 is 1.81 bits per heavy atom. The maximum absolute atomic E-state index is 12.6. The van der Waals surface area contributed by atoms with E-state index in [1.54, 1.807) is 0 Å². The summed E-state index contributed by atoms with van der Waals surface area (Å²) in [6, 6.07) is 3.69. The molecule has 1 amide bonds. The zero-order chi connectivity index (χ0) is 16.0. The summed E-state index contributed by atoms with van der Waals surface area (Å²) >= 11 is 6.04. The SMILES string of the molecule is CCCC(C(=O)Nc1c(C)cc(Cl)cc1C)N(C)CCC. The fourth-order valence-corrected chi connectivity index (χ4v) is 2.98. The highest BCUT2D eigenvalue weighted by molar-refractivity contribution is 6.30. The largest absolute Gasteiger partial charge is 0.324 e. The molecule has 1 N–H and O–H groups in total. The molecule has 118 valence electrons. The Labute approximate surface area is 133 Å². The van der Waals surface area contributed by atoms with Crippen molar-refractivity contribution < 1.29 is 4.79 Å². The molecule has 1 aromatic carbocycles. The Morgan fingerprint density at radius 3 is 2.29 bits per heavy atom. The minimum atomic E-state index is -0.0792. The van der Waals surface area contributed by atoms with Gasteiger partial charge in [0, 0.05) is 10.7 Å². The molecule has 0 radical (unpaired) electrons. The number of hydrogen-bond donors (Lipinski definition) is 1. The number of aryl methyl sites for hydroxylation is 2. The van der Waals surface area contributed by atoms with Crippen LogP contribution in [0.4, 0.5) is 5.69 Å². The zero-order valence-corrected chi connectivity index (χ0v) is 14.5. The first-order chi connectivity index (χ1) is 9.90. The molecule has 1 rings (SSSR count). The summed E-state index contributed by atoms with van der Waals surface area (Å²) in [7, 11) is 2.02. The number of amides is 1. The van der Waals surface area contributed by atoms with Gasteiger partial charge in [0.15, 0.2) is 0 Å². The molecule has 0 saturated heterocycles. The molecule has 0 heterocycles. The van der Waals surface area contributed by atoms with Crippen LogP contribution in [0.1, 0.15) is 44.2 Å². The topological polar surface area (TPSA) is 32.3 Å². The Morgan fingerprint density at radius 1 is 1.24 bits per heavy atom. The van der Waals surface area contributed by atoms with Gasteiger partial charge in [-0.3, -0.25) is 9.69 Å². The molecule has 0 bridgehead atoms. The number of carbonyl (C=O) groups excluding carboxylic acids is 1. The summed E-state index contributed by atoms with van der Waals surface area (Å²) in [4.78, 5) is 14.8. The Kier molecular flexibility index (Phi) is 7.20. The molecule has 0 aliphatic carbocycles. The van der Waals surface area contributed by atoms with E-state index in [4.69, 9.17) is 11.6 Å². The monoisotopic (exact) mass is 310 g/mol. The van der Waals surface area contributed by atoms with E-state index < -0.39 is 0 Å². The van der Waals surface area contributed by atoms with Crippen LogP contribution < -0.4 is 5.32 Å². The summed E-state index contributed by atoms with van der Waals surface area (Å²) in [5.74, 6) is 0.0707. The maximum atomic E-state index is 12.6. The lowest BCUT2D eigenvalue weighted by Gasteiger charge is -2.27. The highest BCUT2D eigenvalue weighted by Crippen LogP contribution is 2.25. The number of likely N-dealkylation sites (N-methyl/N-ethyl adjacent to an activating group) is 1. The second kappa shape index (κ2) is 8.40. The van der Waals surface area contributed by atoms with Crippen molar-refractivity contribution >= 4 is 23.2 Å². The Hall–Kier alpha value is -1.06. The molecule has 0 aliphatic rings. The van der Waals surface area contributed by atoms with E-state index in [9.17, 15) is 4.79 Å². The molecule has 1 aromatic rings. The van der Waals surface area contributed by atoms with Crippen molar-refractivity contribution in [3.8, 4) is 0 Å². The summed E-state index contributed by atoms with van der Waals surface area (Å²) < 4.78 is 0. The zero-order valence-electron chi connectivity index (χ0n) is 13.8. The fourth-order valence-electron chi connectivity index (χ4n) is 2.65. The predicted molar refractivity (Wildman–Crippen MR) is 91.2 cm³/mol. The third-order valence-corrected chi connectivity index (χ3v) is 3.94. The van der Waals surface area contributed by atoms with Crippen molar-refractivity contribution in [1.29, 1.82) is 0 Å². The van der Waals surface area contributed by atoms with Gasteiger partial charge < -0.3 is 5.32 Å². The average molecular weight is 311 g/mol. The van der Waals surface area contributed by atoms with Crippen LogP contribution in [0.5, 0.6) is 0 Å². The molecule has 3 nitrogen and oxygen atoms in total. The van der Waals surface area contributed by atoms with Gasteiger partial charge in [0.2, 0.25) is 5.91 Å². The quantitative estimate of drug-likeness (QED) is 0.809. The van der Waals surface area contributed by atoms with E-state index in [0.717, 1.165) is 42.6 Å². The average Bonchev–Trinajstić information content (AvgIpc) is 2.40. The lowest BCUT2D eigenvalue weighted by atomic mass is 10.1. The molecule has 0 saturated carbocycles. The molecule has 0 aromatic heterocycles. The van der Waals surface area contributed by atoms with Crippen LogP contribution in [-0.2, 0) is 4.79 Å². The minimum Gasteiger partial charge on any atom is -0.324 e. The van der Waals surface area contributed by atoms with Gasteiger partial charge in [-0.15, -0.1) is 0 Å². The third-order valence-electron chi connectivity index (χ3n) is 3.72. The second-order valence-electron chi connectivity index (χ2n) is 5.69. The number of anilines is 1. The summed E-state index contributed by atoms with van der Waals surface area (Å²) in [6.45, 7) is 9.11. The normalized spacial score (nSPS) is 12.5. The summed E-state index contributed by atoms with van der Waals surface area (Å²) in [6.07, 6.45) is 2.90. The number of nitrogens with one attached hydrogen (secondary N) is 1. The van der Waals surface area contributed by atoms with Gasteiger partial charge >= 0.3 is 0 Å².